The summed E-state index contributed by atoms with van der Waals surface area (Å²) in [4.78, 5) is 0. The van der Waals surface area contributed by atoms with Gasteiger partial charge in [0.25, 0.3) is 0 Å². The van der Waals surface area contributed by atoms with E-state index in [1.54, 1.807) is 18.2 Å². The molecule has 32 heavy (non-hydrogen) atoms. The lowest BCUT2D eigenvalue weighted by Crippen LogP contribution is -2.30. The van der Waals surface area contributed by atoms with E-state index in [0.717, 1.165) is 24.7 Å². The summed E-state index contributed by atoms with van der Waals surface area (Å²) >= 11 is 0. The SMILES string of the molecule is C=CCOc1cc(F)c2cc(C3CCC4CC(CCCCCC)CCC4C3)c(F)cc2c1. The summed E-state index contributed by atoms with van der Waals surface area (Å²) in [5.74, 6) is 2.47. The second kappa shape index (κ2) is 10.8. The predicted molar refractivity (Wildman–Crippen MR) is 129 cm³/mol. The van der Waals surface area contributed by atoms with Gasteiger partial charge >= 0.3 is 0 Å². The van der Waals surface area contributed by atoms with Crippen LogP contribution in [0.2, 0.25) is 0 Å². The zero-order chi connectivity index (χ0) is 22.5. The van der Waals surface area contributed by atoms with E-state index in [2.05, 4.69) is 13.5 Å². The van der Waals surface area contributed by atoms with Crippen LogP contribution in [0.1, 0.15) is 89.0 Å². The van der Waals surface area contributed by atoms with Crippen molar-refractivity contribution in [2.75, 3.05) is 6.61 Å². The fraction of sp³-hybridized carbons (Fsp3) is 0.586. The first-order valence-corrected chi connectivity index (χ1v) is 12.8. The molecule has 2 aliphatic rings. The van der Waals surface area contributed by atoms with Gasteiger partial charge in [-0.3, -0.25) is 0 Å². The molecule has 2 saturated carbocycles. The Bertz CT molecular complexity index is 921. The minimum atomic E-state index is -0.347. The highest BCUT2D eigenvalue weighted by molar-refractivity contribution is 5.85. The third-order valence-electron chi connectivity index (χ3n) is 7.99. The Balaban J connectivity index is 1.43. The van der Waals surface area contributed by atoms with E-state index in [1.807, 2.05) is 0 Å². The number of halogens is 2. The van der Waals surface area contributed by atoms with Crippen LogP contribution in [-0.4, -0.2) is 6.61 Å². The van der Waals surface area contributed by atoms with Crippen LogP contribution in [0.5, 0.6) is 5.75 Å². The molecule has 4 rings (SSSR count). The smallest absolute Gasteiger partial charge is 0.134 e. The first-order valence-electron chi connectivity index (χ1n) is 12.8. The summed E-state index contributed by atoms with van der Waals surface area (Å²) in [6.45, 7) is 6.18. The summed E-state index contributed by atoms with van der Waals surface area (Å²) in [7, 11) is 0. The van der Waals surface area contributed by atoms with E-state index in [4.69, 9.17) is 4.74 Å². The van der Waals surface area contributed by atoms with Crippen molar-refractivity contribution in [3.63, 3.8) is 0 Å². The normalized spacial score (nSPS) is 25.5. The minimum absolute atomic E-state index is 0.203. The van der Waals surface area contributed by atoms with Crippen LogP contribution >= 0.6 is 0 Å². The molecule has 4 unspecified atom stereocenters. The van der Waals surface area contributed by atoms with Crippen molar-refractivity contribution in [3.8, 4) is 5.75 Å². The molecule has 0 radical (unpaired) electrons. The molecule has 0 heterocycles. The molecule has 0 amide bonds. The minimum Gasteiger partial charge on any atom is -0.489 e. The maximum absolute atomic E-state index is 15.1. The molecule has 0 bridgehead atoms. The molecule has 174 valence electrons. The second-order valence-electron chi connectivity index (χ2n) is 10.2. The Hall–Kier alpha value is -1.90. The number of hydrogen-bond acceptors (Lipinski definition) is 1. The number of unbranched alkanes of at least 4 members (excludes halogenated alkanes) is 3. The van der Waals surface area contributed by atoms with Gasteiger partial charge in [-0.05, 0) is 84.9 Å². The number of ether oxygens (including phenoxy) is 1. The highest BCUT2D eigenvalue weighted by atomic mass is 19.1. The number of rotatable bonds is 9. The van der Waals surface area contributed by atoms with Crippen molar-refractivity contribution in [2.45, 2.75) is 83.5 Å². The fourth-order valence-electron chi connectivity index (χ4n) is 6.27. The molecule has 3 heteroatoms. The van der Waals surface area contributed by atoms with Crippen LogP contribution in [0.3, 0.4) is 0 Å². The van der Waals surface area contributed by atoms with Crippen molar-refractivity contribution in [2.24, 2.45) is 17.8 Å². The zero-order valence-electron chi connectivity index (χ0n) is 19.6. The largest absolute Gasteiger partial charge is 0.489 e. The topological polar surface area (TPSA) is 9.23 Å². The highest BCUT2D eigenvalue weighted by Crippen LogP contribution is 2.49. The van der Waals surface area contributed by atoms with Crippen LogP contribution in [0.4, 0.5) is 8.78 Å². The maximum atomic E-state index is 15.1. The molecule has 0 saturated heterocycles. The summed E-state index contributed by atoms with van der Waals surface area (Å²) in [6, 6.07) is 6.37. The van der Waals surface area contributed by atoms with Gasteiger partial charge in [0.1, 0.15) is 24.0 Å². The van der Waals surface area contributed by atoms with Crippen LogP contribution in [-0.2, 0) is 0 Å². The Morgan fingerprint density at radius 1 is 0.938 bits per heavy atom. The molecule has 0 aliphatic heterocycles. The summed E-state index contributed by atoms with van der Waals surface area (Å²) < 4.78 is 35.4. The molecule has 2 fully saturated rings. The van der Waals surface area contributed by atoms with Crippen LogP contribution in [0.25, 0.3) is 10.8 Å². The average Bonchev–Trinajstić information content (AvgIpc) is 2.79. The molecule has 0 N–H and O–H groups in total. The monoisotopic (exact) mass is 440 g/mol. The van der Waals surface area contributed by atoms with E-state index in [1.165, 1.54) is 69.9 Å². The number of benzene rings is 2. The number of hydrogen-bond donors (Lipinski definition) is 0. The van der Waals surface area contributed by atoms with Gasteiger partial charge in [0.15, 0.2) is 0 Å². The third-order valence-corrected chi connectivity index (χ3v) is 7.99. The van der Waals surface area contributed by atoms with Gasteiger partial charge in [0.05, 0.1) is 0 Å². The van der Waals surface area contributed by atoms with Gasteiger partial charge in [-0.2, -0.15) is 0 Å². The van der Waals surface area contributed by atoms with Crippen molar-refractivity contribution in [1.29, 1.82) is 0 Å². The molecular formula is C29H38F2O. The van der Waals surface area contributed by atoms with Crippen molar-refractivity contribution < 1.29 is 13.5 Å². The van der Waals surface area contributed by atoms with Crippen molar-refractivity contribution >= 4 is 10.8 Å². The second-order valence-corrected chi connectivity index (χ2v) is 10.2. The van der Waals surface area contributed by atoms with E-state index < -0.39 is 0 Å². The van der Waals surface area contributed by atoms with Crippen molar-refractivity contribution in [1.82, 2.24) is 0 Å². The summed E-state index contributed by atoms with van der Waals surface area (Å²) in [6.07, 6.45) is 15.7. The molecule has 2 aromatic carbocycles. The quantitative estimate of drug-likeness (QED) is 0.279. The van der Waals surface area contributed by atoms with Gasteiger partial charge in [-0.1, -0.05) is 58.1 Å². The highest BCUT2D eigenvalue weighted by Gasteiger charge is 2.36. The van der Waals surface area contributed by atoms with E-state index in [9.17, 15) is 4.39 Å². The van der Waals surface area contributed by atoms with E-state index >= 15 is 4.39 Å². The Kier molecular flexibility index (Phi) is 7.86. The lowest BCUT2D eigenvalue weighted by molar-refractivity contribution is 0.112. The Morgan fingerprint density at radius 2 is 1.75 bits per heavy atom. The summed E-state index contributed by atoms with van der Waals surface area (Å²) in [5.41, 5.74) is 0.705. The Morgan fingerprint density at radius 3 is 2.56 bits per heavy atom. The first kappa shape index (κ1) is 23.3. The first-order chi connectivity index (χ1) is 15.6. The van der Waals surface area contributed by atoms with Crippen LogP contribution < -0.4 is 4.74 Å². The van der Waals surface area contributed by atoms with Gasteiger partial charge in [0, 0.05) is 11.5 Å². The van der Waals surface area contributed by atoms with Crippen molar-refractivity contribution in [3.05, 3.63) is 54.1 Å². The summed E-state index contributed by atoms with van der Waals surface area (Å²) in [5, 5.41) is 1.05. The molecule has 2 aromatic rings. The molecular weight excluding hydrogens is 402 g/mol. The van der Waals surface area contributed by atoms with Gasteiger partial charge < -0.3 is 4.74 Å². The number of fused-ring (bicyclic) bond motifs is 2. The molecule has 4 atom stereocenters. The molecule has 2 aliphatic carbocycles. The van der Waals surface area contributed by atoms with Crippen LogP contribution in [0.15, 0.2) is 36.9 Å². The van der Waals surface area contributed by atoms with Gasteiger partial charge in [-0.25, -0.2) is 8.78 Å². The standard InChI is InChI=1S/C29H38F2O/c1-3-5-6-7-8-20-9-10-22-15-23(12-11-21(22)14-20)26-19-27-24(17-28(26)30)16-25(18-29(27)31)32-13-4-2/h4,16-23H,2-3,5-15H2,1H3. The van der Waals surface area contributed by atoms with Gasteiger partial charge in [-0.15, -0.1) is 0 Å². The molecule has 0 spiro atoms. The molecule has 0 aromatic heterocycles. The van der Waals surface area contributed by atoms with E-state index in [-0.39, 0.29) is 17.6 Å². The maximum Gasteiger partial charge on any atom is 0.134 e. The third kappa shape index (κ3) is 5.35. The van der Waals surface area contributed by atoms with Gasteiger partial charge in [0.2, 0.25) is 0 Å². The fourth-order valence-corrected chi connectivity index (χ4v) is 6.27. The zero-order valence-corrected chi connectivity index (χ0v) is 19.6. The molecule has 1 nitrogen and oxygen atoms in total. The van der Waals surface area contributed by atoms with E-state index in [0.29, 0.717) is 34.6 Å². The lowest BCUT2D eigenvalue weighted by atomic mass is 9.63. The average molecular weight is 441 g/mol. The lowest BCUT2D eigenvalue weighted by Gasteiger charge is -2.42. The predicted octanol–water partition coefficient (Wildman–Crippen LogP) is 8.95. The van der Waals surface area contributed by atoms with Crippen LogP contribution in [0, 0.1) is 29.4 Å². The Labute approximate surface area is 192 Å².